The van der Waals surface area contributed by atoms with Crippen molar-refractivity contribution in [2.24, 2.45) is 0 Å². The van der Waals surface area contributed by atoms with Gasteiger partial charge in [0.25, 0.3) is 0 Å². The first-order valence-electron chi connectivity index (χ1n) is 2.78. The maximum atomic E-state index is 9.82. The molecule has 0 atom stereocenters. The van der Waals surface area contributed by atoms with Crippen LogP contribution in [0.1, 0.15) is 13.8 Å². The van der Waals surface area contributed by atoms with Crippen molar-refractivity contribution in [3.8, 4) is 0 Å². The molecule has 0 aliphatic heterocycles. The number of esters is 1. The number of carbonyl (C=O) groups excluding carboxylic acids is 1. The Morgan fingerprint density at radius 1 is 1.36 bits per heavy atom. The Bertz CT molecular complexity index is 107. The number of hydrogen-bond acceptors (Lipinski definition) is 2. The van der Waals surface area contributed by atoms with Crippen LogP contribution in [0, 0.1) is 0 Å². The maximum Gasteiger partial charge on any atom is 0.673 e. The van der Waals surface area contributed by atoms with Crippen LogP contribution in [0.3, 0.4) is 0 Å². The number of ether oxygens (including phenoxy) is 1. The molecule has 0 aromatic rings. The van der Waals surface area contributed by atoms with E-state index in [1.54, 1.807) is 6.92 Å². The summed E-state index contributed by atoms with van der Waals surface area (Å²) in [6.07, 6.45) is 0. The van der Waals surface area contributed by atoms with Crippen LogP contribution in [-0.4, -0.2) is 19.8 Å². The van der Waals surface area contributed by atoms with E-state index in [4.69, 9.17) is 0 Å². The summed E-state index contributed by atoms with van der Waals surface area (Å²) in [5.74, 6) is -0.211. The fourth-order valence-corrected chi connectivity index (χ4v) is 0.203. The Morgan fingerprint density at radius 2 is 1.64 bits per heavy atom. The highest BCUT2D eigenvalue weighted by Crippen LogP contribution is 2.06. The minimum atomic E-state index is -6.00. The smallest absolute Gasteiger partial charge is 0.466 e. The normalized spacial score (nSPS) is 9.64. The minimum absolute atomic E-state index is 0.211. The second kappa shape index (κ2) is 6.00. The van der Waals surface area contributed by atoms with Crippen molar-refractivity contribution in [2.75, 3.05) is 6.61 Å². The topological polar surface area (TPSA) is 26.3 Å². The van der Waals surface area contributed by atoms with Gasteiger partial charge in [-0.2, -0.15) is 0 Å². The molecular formula is C4H8BF4O2-. The monoisotopic (exact) mass is 175 g/mol. The van der Waals surface area contributed by atoms with Crippen LogP contribution in [0.5, 0.6) is 0 Å². The molecule has 0 spiro atoms. The van der Waals surface area contributed by atoms with E-state index in [-0.39, 0.29) is 5.97 Å². The van der Waals surface area contributed by atoms with Crippen LogP contribution >= 0.6 is 0 Å². The molecule has 0 amide bonds. The summed E-state index contributed by atoms with van der Waals surface area (Å²) in [6.45, 7) is 3.65. The molecule has 0 aliphatic rings. The molecule has 0 bridgehead atoms. The summed E-state index contributed by atoms with van der Waals surface area (Å²) in [5, 5.41) is 0. The van der Waals surface area contributed by atoms with Gasteiger partial charge in [-0.05, 0) is 6.92 Å². The number of carbonyl (C=O) groups is 1. The molecule has 11 heavy (non-hydrogen) atoms. The van der Waals surface area contributed by atoms with Crippen LogP contribution in [0.15, 0.2) is 0 Å². The predicted octanol–water partition coefficient (Wildman–Crippen LogP) is 1.87. The first kappa shape index (κ1) is 12.9. The lowest BCUT2D eigenvalue weighted by molar-refractivity contribution is -0.140. The lowest BCUT2D eigenvalue weighted by Gasteiger charge is -1.94. The Balaban J connectivity index is 0. The molecular weight excluding hydrogens is 167 g/mol. The molecule has 0 radical (unpaired) electrons. The van der Waals surface area contributed by atoms with E-state index in [2.05, 4.69) is 4.74 Å². The molecule has 0 heterocycles. The molecule has 0 aliphatic carbocycles. The highest BCUT2D eigenvalue weighted by molar-refractivity contribution is 6.50. The van der Waals surface area contributed by atoms with Crippen LogP contribution in [-0.2, 0) is 9.53 Å². The van der Waals surface area contributed by atoms with Gasteiger partial charge in [0.15, 0.2) is 0 Å². The van der Waals surface area contributed by atoms with Crippen LogP contribution in [0.2, 0.25) is 0 Å². The first-order valence-corrected chi connectivity index (χ1v) is 2.78. The van der Waals surface area contributed by atoms with Crippen molar-refractivity contribution in [3.05, 3.63) is 0 Å². The zero-order valence-electron chi connectivity index (χ0n) is 6.11. The quantitative estimate of drug-likeness (QED) is 0.345. The van der Waals surface area contributed by atoms with Gasteiger partial charge in [-0.15, -0.1) is 0 Å². The summed E-state index contributed by atoms with van der Waals surface area (Å²) in [4.78, 5) is 9.82. The lowest BCUT2D eigenvalue weighted by atomic mass is 10.3. The van der Waals surface area contributed by atoms with Crippen molar-refractivity contribution in [3.63, 3.8) is 0 Å². The van der Waals surface area contributed by atoms with Crippen molar-refractivity contribution in [2.45, 2.75) is 13.8 Å². The van der Waals surface area contributed by atoms with Gasteiger partial charge in [-0.25, -0.2) is 0 Å². The van der Waals surface area contributed by atoms with Gasteiger partial charge < -0.3 is 22.0 Å². The van der Waals surface area contributed by atoms with Crippen LogP contribution < -0.4 is 0 Å². The van der Waals surface area contributed by atoms with E-state index in [0.717, 1.165) is 0 Å². The van der Waals surface area contributed by atoms with Crippen molar-refractivity contribution < 1.29 is 26.8 Å². The summed E-state index contributed by atoms with van der Waals surface area (Å²) in [5.41, 5.74) is 0. The van der Waals surface area contributed by atoms with Gasteiger partial charge in [0.05, 0.1) is 6.61 Å². The molecule has 7 heteroatoms. The largest absolute Gasteiger partial charge is 0.673 e. The molecule has 0 aromatic heterocycles. The summed E-state index contributed by atoms with van der Waals surface area (Å²) in [6, 6.07) is 0. The Labute approximate surface area is 61.6 Å². The van der Waals surface area contributed by atoms with Crippen molar-refractivity contribution in [1.82, 2.24) is 0 Å². The average Bonchev–Trinajstić information content (AvgIpc) is 1.58. The highest BCUT2D eigenvalue weighted by Gasteiger charge is 2.20. The van der Waals surface area contributed by atoms with Gasteiger partial charge in [0, 0.05) is 6.92 Å². The molecule has 2 nitrogen and oxygen atoms in total. The molecule has 0 saturated heterocycles. The van der Waals surface area contributed by atoms with E-state index < -0.39 is 7.25 Å². The third-order valence-electron chi connectivity index (χ3n) is 0.348. The molecule has 68 valence electrons. The third kappa shape index (κ3) is 95.8. The van der Waals surface area contributed by atoms with E-state index in [0.29, 0.717) is 6.61 Å². The predicted molar refractivity (Wildman–Crippen MR) is 32.5 cm³/mol. The van der Waals surface area contributed by atoms with Gasteiger partial charge in [-0.1, -0.05) is 0 Å². The zero-order valence-corrected chi connectivity index (χ0v) is 6.11. The molecule has 0 fully saturated rings. The second-order valence-corrected chi connectivity index (χ2v) is 1.42. The fraction of sp³-hybridized carbons (Fsp3) is 0.750. The molecule has 0 saturated carbocycles. The maximum absolute atomic E-state index is 9.82. The average molecular weight is 175 g/mol. The Morgan fingerprint density at radius 3 is 1.64 bits per heavy atom. The molecule has 0 N–H and O–H groups in total. The number of hydrogen-bond donors (Lipinski definition) is 0. The second-order valence-electron chi connectivity index (χ2n) is 1.42. The Kier molecular flexibility index (Phi) is 7.03. The van der Waals surface area contributed by atoms with Crippen LogP contribution in [0.4, 0.5) is 17.3 Å². The lowest BCUT2D eigenvalue weighted by Crippen LogP contribution is -2.02. The third-order valence-corrected chi connectivity index (χ3v) is 0.348. The number of rotatable bonds is 1. The Hall–Kier alpha value is -0.745. The van der Waals surface area contributed by atoms with Gasteiger partial charge >= 0.3 is 13.2 Å². The van der Waals surface area contributed by atoms with E-state index >= 15 is 0 Å². The SMILES string of the molecule is CCOC(C)=O.F[B-](F)(F)F. The fourth-order valence-electron chi connectivity index (χ4n) is 0.203. The van der Waals surface area contributed by atoms with Crippen LogP contribution in [0.25, 0.3) is 0 Å². The molecule has 0 aromatic carbocycles. The van der Waals surface area contributed by atoms with E-state index in [1.165, 1.54) is 6.92 Å². The van der Waals surface area contributed by atoms with E-state index in [9.17, 15) is 22.1 Å². The van der Waals surface area contributed by atoms with Gasteiger partial charge in [0.2, 0.25) is 0 Å². The molecule has 0 unspecified atom stereocenters. The molecule has 0 rings (SSSR count). The first-order chi connectivity index (χ1) is 4.77. The zero-order chi connectivity index (χ0) is 9.49. The van der Waals surface area contributed by atoms with E-state index in [1.807, 2.05) is 0 Å². The highest BCUT2D eigenvalue weighted by atomic mass is 19.5. The summed E-state index contributed by atoms with van der Waals surface area (Å²) >= 11 is 0. The summed E-state index contributed by atoms with van der Waals surface area (Å²) < 4.78 is 43.4. The van der Waals surface area contributed by atoms with Crippen molar-refractivity contribution >= 4 is 13.2 Å². The standard InChI is InChI=1S/C4H8O2.BF4/c1-3-6-4(2)5;2-1(3,4)5/h3H2,1-2H3;/q;-1. The summed E-state index contributed by atoms with van der Waals surface area (Å²) in [7, 11) is -6.00. The minimum Gasteiger partial charge on any atom is -0.466 e. The number of halogens is 4. The van der Waals surface area contributed by atoms with Gasteiger partial charge in [-0.3, -0.25) is 4.79 Å². The van der Waals surface area contributed by atoms with Gasteiger partial charge in [0.1, 0.15) is 0 Å². The van der Waals surface area contributed by atoms with Crippen molar-refractivity contribution in [1.29, 1.82) is 0 Å².